The van der Waals surface area contributed by atoms with Crippen LogP contribution in [0.5, 0.6) is 11.5 Å². The van der Waals surface area contributed by atoms with Crippen LogP contribution in [0.1, 0.15) is 76.3 Å². The lowest BCUT2D eigenvalue weighted by Gasteiger charge is -2.06. The Labute approximate surface area is 217 Å². The molecule has 0 aliphatic carbocycles. The molecule has 0 heterocycles. The van der Waals surface area contributed by atoms with E-state index in [0.29, 0.717) is 0 Å². The third-order valence-corrected chi connectivity index (χ3v) is 5.87. The fraction of sp³-hybridized carbons (Fsp3) is 0.375. The molecule has 0 aliphatic heterocycles. The lowest BCUT2D eigenvalue weighted by molar-refractivity contribution is 0.305. The Bertz CT molecular complexity index is 953. The monoisotopic (exact) mass is 484 g/mol. The highest BCUT2D eigenvalue weighted by molar-refractivity contribution is 5.83. The first-order chi connectivity index (χ1) is 17.8. The number of nitrogens with zero attached hydrogens (tertiary/aromatic N) is 2. The van der Waals surface area contributed by atoms with Crippen molar-refractivity contribution in [2.45, 2.75) is 65.2 Å². The summed E-state index contributed by atoms with van der Waals surface area (Å²) in [6.45, 7) is 6.00. The van der Waals surface area contributed by atoms with Gasteiger partial charge in [0.15, 0.2) is 0 Å². The Morgan fingerprint density at radius 1 is 0.500 bits per heavy atom. The van der Waals surface area contributed by atoms with Crippen LogP contribution in [0.15, 0.2) is 82.8 Å². The van der Waals surface area contributed by atoms with Gasteiger partial charge in [-0.15, -0.1) is 0 Å². The predicted molar refractivity (Wildman–Crippen MR) is 153 cm³/mol. The first kappa shape index (κ1) is 27.2. The predicted octanol–water partition coefficient (Wildman–Crippen LogP) is 9.11. The normalized spacial score (nSPS) is 11.4. The van der Waals surface area contributed by atoms with Crippen molar-refractivity contribution >= 4 is 23.8 Å². The van der Waals surface area contributed by atoms with E-state index in [2.05, 4.69) is 23.8 Å². The molecule has 190 valence electrons. The largest absolute Gasteiger partial charge is 0.494 e. The quantitative estimate of drug-likeness (QED) is 0.150. The van der Waals surface area contributed by atoms with Gasteiger partial charge in [0.2, 0.25) is 0 Å². The Morgan fingerprint density at radius 3 is 1.25 bits per heavy atom. The average Bonchev–Trinajstić information content (AvgIpc) is 2.92. The molecule has 4 heteroatoms. The second-order valence-electron chi connectivity index (χ2n) is 8.99. The number of hydrogen-bond acceptors (Lipinski definition) is 4. The number of ether oxygens (including phenoxy) is 2. The van der Waals surface area contributed by atoms with Gasteiger partial charge >= 0.3 is 0 Å². The maximum atomic E-state index is 5.81. The summed E-state index contributed by atoms with van der Waals surface area (Å²) in [4.78, 5) is 9.16. The molecule has 3 aromatic carbocycles. The molecule has 0 bridgehead atoms. The Morgan fingerprint density at radius 2 is 0.889 bits per heavy atom. The average molecular weight is 485 g/mol. The third kappa shape index (κ3) is 10.5. The van der Waals surface area contributed by atoms with Crippen LogP contribution in [0.25, 0.3) is 0 Å². The lowest BCUT2D eigenvalue weighted by Crippen LogP contribution is -1.97. The maximum Gasteiger partial charge on any atom is 0.119 e. The van der Waals surface area contributed by atoms with Gasteiger partial charge in [-0.1, -0.05) is 52.4 Å². The van der Waals surface area contributed by atoms with Crippen LogP contribution in [-0.4, -0.2) is 25.6 Å². The van der Waals surface area contributed by atoms with Gasteiger partial charge in [-0.05, 0) is 96.8 Å². The van der Waals surface area contributed by atoms with Crippen LogP contribution >= 0.6 is 0 Å². The molecule has 0 aromatic heterocycles. The van der Waals surface area contributed by atoms with Crippen molar-refractivity contribution in [3.63, 3.8) is 0 Å². The topological polar surface area (TPSA) is 43.2 Å². The molecule has 4 nitrogen and oxygen atoms in total. The minimum absolute atomic E-state index is 0.779. The van der Waals surface area contributed by atoms with Crippen molar-refractivity contribution in [3.8, 4) is 11.5 Å². The van der Waals surface area contributed by atoms with Gasteiger partial charge in [-0.2, -0.15) is 0 Å². The van der Waals surface area contributed by atoms with Crippen molar-refractivity contribution < 1.29 is 9.47 Å². The van der Waals surface area contributed by atoms with Gasteiger partial charge in [0, 0.05) is 12.4 Å². The summed E-state index contributed by atoms with van der Waals surface area (Å²) >= 11 is 0. The highest BCUT2D eigenvalue weighted by Crippen LogP contribution is 2.20. The van der Waals surface area contributed by atoms with Gasteiger partial charge < -0.3 is 9.47 Å². The van der Waals surface area contributed by atoms with E-state index in [1.807, 2.05) is 85.2 Å². The van der Waals surface area contributed by atoms with Gasteiger partial charge in [0.25, 0.3) is 0 Å². The summed E-state index contributed by atoms with van der Waals surface area (Å²) in [7, 11) is 0. The SMILES string of the molecule is CCCCCCOc1ccc(/C=N\c2ccc(/N=C\c3ccc(OCCCCCC)cc3)cc2)cc1. The molecule has 0 saturated carbocycles. The van der Waals surface area contributed by atoms with Crippen molar-refractivity contribution in [1.29, 1.82) is 0 Å². The number of unbranched alkanes of at least 4 members (excludes halogenated alkanes) is 6. The van der Waals surface area contributed by atoms with Crippen LogP contribution in [0.3, 0.4) is 0 Å². The Balaban J connectivity index is 1.43. The second-order valence-corrected chi connectivity index (χ2v) is 8.99. The van der Waals surface area contributed by atoms with Crippen molar-refractivity contribution in [2.75, 3.05) is 13.2 Å². The van der Waals surface area contributed by atoms with Gasteiger partial charge in [-0.3, -0.25) is 9.98 Å². The molecule has 3 aromatic rings. The van der Waals surface area contributed by atoms with Crippen molar-refractivity contribution in [3.05, 3.63) is 83.9 Å². The first-order valence-corrected chi connectivity index (χ1v) is 13.4. The summed E-state index contributed by atoms with van der Waals surface area (Å²) in [6, 6.07) is 24.1. The van der Waals surface area contributed by atoms with Crippen molar-refractivity contribution in [2.24, 2.45) is 9.98 Å². The summed E-state index contributed by atoms with van der Waals surface area (Å²) in [5, 5.41) is 0. The summed E-state index contributed by atoms with van der Waals surface area (Å²) < 4.78 is 11.6. The zero-order chi connectivity index (χ0) is 25.3. The molecule has 0 spiro atoms. The molecule has 0 amide bonds. The maximum absolute atomic E-state index is 5.81. The number of rotatable bonds is 16. The van der Waals surface area contributed by atoms with Gasteiger partial charge in [-0.25, -0.2) is 0 Å². The first-order valence-electron chi connectivity index (χ1n) is 13.4. The Hall–Kier alpha value is -3.40. The minimum atomic E-state index is 0.779. The number of hydrogen-bond donors (Lipinski definition) is 0. The molecular weight excluding hydrogens is 444 g/mol. The smallest absolute Gasteiger partial charge is 0.119 e. The molecule has 36 heavy (non-hydrogen) atoms. The highest BCUT2D eigenvalue weighted by atomic mass is 16.5. The van der Waals surface area contributed by atoms with E-state index in [4.69, 9.17) is 9.47 Å². The van der Waals surface area contributed by atoms with Crippen LogP contribution in [0.2, 0.25) is 0 Å². The summed E-state index contributed by atoms with van der Waals surface area (Å²) in [6.07, 6.45) is 13.5. The van der Waals surface area contributed by atoms with Crippen molar-refractivity contribution in [1.82, 2.24) is 0 Å². The third-order valence-electron chi connectivity index (χ3n) is 5.87. The summed E-state index contributed by atoms with van der Waals surface area (Å²) in [5.74, 6) is 1.82. The zero-order valence-corrected chi connectivity index (χ0v) is 21.9. The molecular formula is C32H40N2O2. The fourth-order valence-electron chi connectivity index (χ4n) is 3.66. The van der Waals surface area contributed by atoms with E-state index in [-0.39, 0.29) is 0 Å². The van der Waals surface area contributed by atoms with E-state index in [1.54, 1.807) is 0 Å². The van der Waals surface area contributed by atoms with E-state index in [1.165, 1.54) is 38.5 Å². The zero-order valence-electron chi connectivity index (χ0n) is 21.9. The molecule has 0 atom stereocenters. The standard InChI is InChI=1S/C32H40N2O2/c1-3-5-7-9-23-35-31-19-11-27(12-20-31)25-33-29-15-17-30(18-16-29)34-26-28-13-21-32(22-14-28)36-24-10-8-6-4-2/h11-22,25-26H,3-10,23-24H2,1-2H3/b33-25-,34-26-. The van der Waals surface area contributed by atoms with Crippen LogP contribution in [0, 0.1) is 0 Å². The van der Waals surface area contributed by atoms with Crippen LogP contribution in [0.4, 0.5) is 11.4 Å². The highest BCUT2D eigenvalue weighted by Gasteiger charge is 1.97. The second kappa shape index (κ2) is 16.3. The number of aliphatic imine (C=N–C) groups is 2. The fourth-order valence-corrected chi connectivity index (χ4v) is 3.66. The van der Waals surface area contributed by atoms with E-state index < -0.39 is 0 Å². The van der Waals surface area contributed by atoms with Gasteiger partial charge in [0.1, 0.15) is 11.5 Å². The molecule has 3 rings (SSSR count). The number of benzene rings is 3. The molecule has 0 N–H and O–H groups in total. The molecule has 0 saturated heterocycles. The van der Waals surface area contributed by atoms with Gasteiger partial charge in [0.05, 0.1) is 24.6 Å². The van der Waals surface area contributed by atoms with E-state index >= 15 is 0 Å². The van der Waals surface area contributed by atoms with Crippen LogP contribution < -0.4 is 9.47 Å². The lowest BCUT2D eigenvalue weighted by atomic mass is 10.2. The molecule has 0 aliphatic rings. The molecule has 0 fully saturated rings. The van der Waals surface area contributed by atoms with Crippen LogP contribution in [-0.2, 0) is 0 Å². The van der Waals surface area contributed by atoms with E-state index in [0.717, 1.165) is 60.1 Å². The minimum Gasteiger partial charge on any atom is -0.494 e. The van der Waals surface area contributed by atoms with E-state index in [9.17, 15) is 0 Å². The Kier molecular flexibility index (Phi) is 12.3. The molecule has 0 radical (unpaired) electrons. The molecule has 0 unspecified atom stereocenters. The summed E-state index contributed by atoms with van der Waals surface area (Å²) in [5.41, 5.74) is 3.88.